The van der Waals surface area contributed by atoms with Gasteiger partial charge in [0.25, 0.3) is 0 Å². The Labute approximate surface area is 94.0 Å². The maximum Gasteiger partial charge on any atom is 0.0271 e. The predicted octanol–water partition coefficient (Wildman–Crippen LogP) is 2.74. The van der Waals surface area contributed by atoms with Gasteiger partial charge in [-0.3, -0.25) is 4.98 Å². The third-order valence-corrected chi connectivity index (χ3v) is 3.27. The molecule has 0 fully saturated rings. The zero-order valence-electron chi connectivity index (χ0n) is 8.73. The number of thiophene rings is 1. The third-order valence-electron chi connectivity index (χ3n) is 2.36. The molecule has 2 heterocycles. The molecule has 2 aromatic heterocycles. The van der Waals surface area contributed by atoms with Crippen molar-refractivity contribution in [3.8, 4) is 0 Å². The summed E-state index contributed by atoms with van der Waals surface area (Å²) in [6.45, 7) is 4.00. The van der Waals surface area contributed by atoms with Crippen molar-refractivity contribution in [3.05, 3.63) is 52.0 Å². The second-order valence-corrected chi connectivity index (χ2v) is 4.28. The van der Waals surface area contributed by atoms with Crippen LogP contribution in [0.3, 0.4) is 0 Å². The second-order valence-electron chi connectivity index (χ2n) is 3.54. The smallest absolute Gasteiger partial charge is 0.0271 e. The van der Waals surface area contributed by atoms with Gasteiger partial charge < -0.3 is 5.32 Å². The van der Waals surface area contributed by atoms with Gasteiger partial charge in [0.1, 0.15) is 0 Å². The van der Waals surface area contributed by atoms with Gasteiger partial charge in [-0.25, -0.2) is 0 Å². The van der Waals surface area contributed by atoms with Crippen molar-refractivity contribution in [2.45, 2.75) is 20.0 Å². The third kappa shape index (κ3) is 2.88. The largest absolute Gasteiger partial charge is 0.309 e. The Balaban J connectivity index is 1.83. The van der Waals surface area contributed by atoms with E-state index < -0.39 is 0 Å². The topological polar surface area (TPSA) is 24.9 Å². The standard InChI is InChI=1S/C12H14N2S/c1-10-8-15-9-12(10)7-14-6-11-2-4-13-5-3-11/h2-5,8-9,14H,6-7H2,1H3. The van der Waals surface area contributed by atoms with Crippen molar-refractivity contribution in [2.75, 3.05) is 0 Å². The van der Waals surface area contributed by atoms with Crippen LogP contribution in [-0.2, 0) is 13.1 Å². The zero-order valence-corrected chi connectivity index (χ0v) is 9.55. The van der Waals surface area contributed by atoms with Gasteiger partial charge in [0, 0.05) is 25.5 Å². The minimum Gasteiger partial charge on any atom is -0.309 e. The zero-order chi connectivity index (χ0) is 10.5. The number of pyridine rings is 1. The van der Waals surface area contributed by atoms with Gasteiger partial charge in [0.15, 0.2) is 0 Å². The number of aromatic nitrogens is 1. The lowest BCUT2D eigenvalue weighted by molar-refractivity contribution is 0.692. The summed E-state index contributed by atoms with van der Waals surface area (Å²) < 4.78 is 0. The SMILES string of the molecule is Cc1cscc1CNCc1ccncc1. The summed E-state index contributed by atoms with van der Waals surface area (Å²) in [6, 6.07) is 4.07. The minimum absolute atomic E-state index is 0.901. The fraction of sp³-hybridized carbons (Fsp3) is 0.250. The van der Waals surface area contributed by atoms with Crippen LogP contribution >= 0.6 is 11.3 Å². The highest BCUT2D eigenvalue weighted by Crippen LogP contribution is 2.13. The molecule has 78 valence electrons. The highest BCUT2D eigenvalue weighted by Gasteiger charge is 1.98. The fourth-order valence-electron chi connectivity index (χ4n) is 1.41. The van der Waals surface area contributed by atoms with Crippen LogP contribution in [0, 0.1) is 6.92 Å². The number of rotatable bonds is 4. The Kier molecular flexibility index (Phi) is 3.48. The van der Waals surface area contributed by atoms with Gasteiger partial charge in [0.05, 0.1) is 0 Å². The van der Waals surface area contributed by atoms with Crippen LogP contribution in [0.2, 0.25) is 0 Å². The van der Waals surface area contributed by atoms with Crippen molar-refractivity contribution in [1.82, 2.24) is 10.3 Å². The summed E-state index contributed by atoms with van der Waals surface area (Å²) in [6.07, 6.45) is 3.65. The lowest BCUT2D eigenvalue weighted by atomic mass is 10.2. The maximum absolute atomic E-state index is 3.99. The molecule has 0 unspecified atom stereocenters. The number of nitrogens with one attached hydrogen (secondary N) is 1. The lowest BCUT2D eigenvalue weighted by Crippen LogP contribution is -2.12. The molecule has 0 atom stereocenters. The van der Waals surface area contributed by atoms with E-state index in [1.54, 1.807) is 11.3 Å². The Morgan fingerprint density at radius 3 is 2.67 bits per heavy atom. The Morgan fingerprint density at radius 2 is 2.00 bits per heavy atom. The van der Waals surface area contributed by atoms with E-state index in [0.717, 1.165) is 13.1 Å². The first kappa shape index (κ1) is 10.3. The maximum atomic E-state index is 3.99. The Bertz CT molecular complexity index is 409. The first-order valence-electron chi connectivity index (χ1n) is 4.97. The number of hydrogen-bond donors (Lipinski definition) is 1. The molecule has 0 aliphatic rings. The lowest BCUT2D eigenvalue weighted by Gasteiger charge is -2.04. The summed E-state index contributed by atoms with van der Waals surface area (Å²) in [7, 11) is 0. The normalized spacial score (nSPS) is 10.5. The molecule has 3 heteroatoms. The van der Waals surface area contributed by atoms with Gasteiger partial charge in [-0.1, -0.05) is 0 Å². The minimum atomic E-state index is 0.901. The molecule has 0 aliphatic heterocycles. The van der Waals surface area contributed by atoms with Gasteiger partial charge in [-0.15, -0.1) is 0 Å². The van der Waals surface area contributed by atoms with Gasteiger partial charge in [0.2, 0.25) is 0 Å². The molecule has 0 amide bonds. The predicted molar refractivity (Wildman–Crippen MR) is 63.8 cm³/mol. The van der Waals surface area contributed by atoms with Crippen LogP contribution < -0.4 is 5.32 Å². The van der Waals surface area contributed by atoms with E-state index in [2.05, 4.69) is 28.0 Å². The average molecular weight is 218 g/mol. The summed E-state index contributed by atoms with van der Waals surface area (Å²) >= 11 is 1.76. The average Bonchev–Trinajstić information content (AvgIpc) is 2.66. The van der Waals surface area contributed by atoms with Crippen molar-refractivity contribution in [1.29, 1.82) is 0 Å². The van der Waals surface area contributed by atoms with E-state index >= 15 is 0 Å². The summed E-state index contributed by atoms with van der Waals surface area (Å²) in [5.74, 6) is 0. The summed E-state index contributed by atoms with van der Waals surface area (Å²) in [4.78, 5) is 3.99. The molecule has 2 rings (SSSR count). The van der Waals surface area contributed by atoms with Gasteiger partial charge >= 0.3 is 0 Å². The van der Waals surface area contributed by atoms with E-state index in [-0.39, 0.29) is 0 Å². The first-order chi connectivity index (χ1) is 7.36. The van der Waals surface area contributed by atoms with E-state index in [4.69, 9.17) is 0 Å². The van der Waals surface area contributed by atoms with Crippen LogP contribution in [0.25, 0.3) is 0 Å². The van der Waals surface area contributed by atoms with E-state index in [0.29, 0.717) is 0 Å². The number of aryl methyl sites for hydroxylation is 1. The molecule has 0 spiro atoms. The van der Waals surface area contributed by atoms with E-state index in [1.807, 2.05) is 24.5 Å². The molecule has 15 heavy (non-hydrogen) atoms. The summed E-state index contributed by atoms with van der Waals surface area (Å²) in [5, 5.41) is 7.81. The fourth-order valence-corrected chi connectivity index (χ4v) is 2.27. The van der Waals surface area contributed by atoms with Gasteiger partial charge in [-0.2, -0.15) is 11.3 Å². The van der Waals surface area contributed by atoms with Gasteiger partial charge in [-0.05, 0) is 46.5 Å². The molecule has 2 aromatic rings. The van der Waals surface area contributed by atoms with Crippen molar-refractivity contribution < 1.29 is 0 Å². The van der Waals surface area contributed by atoms with Crippen molar-refractivity contribution in [3.63, 3.8) is 0 Å². The second kappa shape index (κ2) is 5.05. The highest BCUT2D eigenvalue weighted by molar-refractivity contribution is 7.08. The van der Waals surface area contributed by atoms with Crippen LogP contribution in [0.1, 0.15) is 16.7 Å². The molecule has 0 bridgehead atoms. The molecule has 0 aromatic carbocycles. The molecule has 0 saturated carbocycles. The van der Waals surface area contributed by atoms with Crippen molar-refractivity contribution >= 4 is 11.3 Å². The molecule has 0 aliphatic carbocycles. The van der Waals surface area contributed by atoms with E-state index in [9.17, 15) is 0 Å². The van der Waals surface area contributed by atoms with Crippen LogP contribution in [0.5, 0.6) is 0 Å². The molecule has 0 saturated heterocycles. The van der Waals surface area contributed by atoms with Crippen LogP contribution in [0.15, 0.2) is 35.3 Å². The quantitative estimate of drug-likeness (QED) is 0.853. The number of hydrogen-bond acceptors (Lipinski definition) is 3. The molecular weight excluding hydrogens is 204 g/mol. The Hall–Kier alpha value is -1.19. The first-order valence-corrected chi connectivity index (χ1v) is 5.92. The van der Waals surface area contributed by atoms with Crippen LogP contribution in [0.4, 0.5) is 0 Å². The van der Waals surface area contributed by atoms with Crippen molar-refractivity contribution in [2.24, 2.45) is 0 Å². The highest BCUT2D eigenvalue weighted by atomic mass is 32.1. The van der Waals surface area contributed by atoms with E-state index in [1.165, 1.54) is 16.7 Å². The molecule has 2 nitrogen and oxygen atoms in total. The number of nitrogens with zero attached hydrogens (tertiary/aromatic N) is 1. The molecule has 0 radical (unpaired) electrons. The molecule has 1 N–H and O–H groups in total. The molecular formula is C12H14N2S. The summed E-state index contributed by atoms with van der Waals surface area (Å²) in [5.41, 5.74) is 4.05. The van der Waals surface area contributed by atoms with Crippen LogP contribution in [-0.4, -0.2) is 4.98 Å². The Morgan fingerprint density at radius 1 is 1.20 bits per heavy atom. The monoisotopic (exact) mass is 218 g/mol.